The molecule has 3 heterocycles. The second kappa shape index (κ2) is 23.0. The van der Waals surface area contributed by atoms with Crippen LogP contribution in [0, 0.1) is 0 Å². The highest BCUT2D eigenvalue weighted by molar-refractivity contribution is 9.10. The van der Waals surface area contributed by atoms with Gasteiger partial charge in [0, 0.05) is 4.47 Å². The summed E-state index contributed by atoms with van der Waals surface area (Å²) in [6.07, 6.45) is 0. The minimum atomic E-state index is -1.00. The number of benzene rings is 10. The van der Waals surface area contributed by atoms with E-state index < -0.39 is 21.2 Å². The fourth-order valence-electron chi connectivity index (χ4n) is 10.8. The van der Waals surface area contributed by atoms with Crippen LogP contribution in [-0.4, -0.2) is 61.9 Å². The third kappa shape index (κ3) is 11.6. The maximum Gasteiger partial charge on any atom is 0.494 e. The molecule has 0 atom stereocenters. The molecule has 3 aliphatic rings. The number of fused-ring (bicyclic) bond motifs is 6. The van der Waals surface area contributed by atoms with E-state index in [1.165, 1.54) is 82.0 Å². The van der Waals surface area contributed by atoms with Crippen molar-refractivity contribution in [2.75, 3.05) is 7.15 Å². The van der Waals surface area contributed by atoms with Crippen LogP contribution in [0.3, 0.4) is 0 Å². The Kier molecular flexibility index (Phi) is 16.1. The van der Waals surface area contributed by atoms with Crippen molar-refractivity contribution in [3.8, 4) is 44.5 Å². The lowest BCUT2D eigenvalue weighted by Gasteiger charge is -2.32. The smallest absolute Gasteiger partial charge is 0.405 e. The van der Waals surface area contributed by atoms with Crippen LogP contribution in [0.5, 0.6) is 0 Å². The van der Waals surface area contributed by atoms with Gasteiger partial charge in [-0.2, -0.15) is 0 Å². The van der Waals surface area contributed by atoms with Crippen molar-refractivity contribution < 1.29 is 33.7 Å². The highest BCUT2D eigenvalue weighted by atomic mass is 79.9. The van der Waals surface area contributed by atoms with Crippen LogP contribution in [-0.2, 0) is 27.9 Å². The Morgan fingerprint density at radius 3 is 1.04 bits per heavy atom. The lowest BCUT2D eigenvalue weighted by molar-refractivity contribution is 0.00578. The predicted octanol–water partition coefficient (Wildman–Crippen LogP) is 18.6. The molecule has 416 valence electrons. The summed E-state index contributed by atoms with van der Waals surface area (Å²) in [6, 6.07) is 73.9. The van der Waals surface area contributed by atoms with Gasteiger partial charge in [-0.25, -0.2) is 0 Å². The molecule has 3 aliphatic heterocycles. The molecule has 0 aliphatic carbocycles. The van der Waals surface area contributed by atoms with Crippen LogP contribution in [0.4, 0.5) is 4.39 Å². The lowest BCUT2D eigenvalue weighted by Crippen LogP contribution is -2.41. The summed E-state index contributed by atoms with van der Waals surface area (Å²) in [5, 5.41) is 10.3. The first kappa shape index (κ1) is 57.4. The maximum absolute atomic E-state index is 9.96. The van der Waals surface area contributed by atoms with E-state index in [-0.39, 0.29) is 40.7 Å². The lowest BCUT2D eigenvalue weighted by atomic mass is 9.49. The van der Waals surface area contributed by atoms with Crippen LogP contribution in [0.15, 0.2) is 211 Å². The summed E-state index contributed by atoms with van der Waals surface area (Å²) in [4.78, 5) is 0. The Morgan fingerprint density at radius 1 is 0.329 bits per heavy atom. The molecule has 0 N–H and O–H groups in total. The van der Waals surface area contributed by atoms with Crippen molar-refractivity contribution in [2.45, 2.75) is 117 Å². The van der Waals surface area contributed by atoms with Crippen LogP contribution in [0.2, 0.25) is 0 Å². The van der Waals surface area contributed by atoms with E-state index in [1.807, 2.05) is 55.4 Å². The number of alkyl halides is 1. The largest absolute Gasteiger partial charge is 0.494 e. The molecule has 0 radical (unpaired) electrons. The van der Waals surface area contributed by atoms with Crippen LogP contribution in [0.25, 0.3) is 87.6 Å². The topological polar surface area (TPSA) is 55.4 Å². The average molecular weight is 1150 g/mol. The Morgan fingerprint density at radius 2 is 0.634 bits per heavy atom. The molecule has 0 saturated carbocycles. The van der Waals surface area contributed by atoms with Crippen LogP contribution >= 0.6 is 15.9 Å². The van der Waals surface area contributed by atoms with Crippen molar-refractivity contribution in [2.24, 2.45) is 0 Å². The molecule has 13 rings (SSSR count). The highest BCUT2D eigenvalue weighted by Crippen LogP contribution is 2.44. The summed E-state index contributed by atoms with van der Waals surface area (Å²) in [5.41, 5.74) is 8.66. The quantitative estimate of drug-likeness (QED) is 0.122. The third-order valence-corrected chi connectivity index (χ3v) is 18.0. The van der Waals surface area contributed by atoms with Crippen molar-refractivity contribution in [3.05, 3.63) is 211 Å². The van der Waals surface area contributed by atoms with Crippen molar-refractivity contribution in [1.29, 1.82) is 0 Å². The minimum absolute atomic E-state index is 0.356. The van der Waals surface area contributed by atoms with Gasteiger partial charge in [0.2, 0.25) is 0 Å². The molecule has 0 aromatic heterocycles. The van der Waals surface area contributed by atoms with Gasteiger partial charge in [0.05, 0.1) is 42.1 Å². The summed E-state index contributed by atoms with van der Waals surface area (Å²) in [7, 11) is -2.32. The Labute approximate surface area is 495 Å². The Hall–Kier alpha value is -6.40. The molecule has 3 fully saturated rings. The second-order valence-corrected chi connectivity index (χ2v) is 25.4. The van der Waals surface area contributed by atoms with E-state index in [4.69, 9.17) is 29.3 Å². The number of rotatable bonds is 6. The molecule has 6 nitrogen and oxygen atoms in total. The number of hydrogen-bond acceptors (Lipinski definition) is 6. The van der Waals surface area contributed by atoms with Crippen LogP contribution in [0.1, 0.15) is 84.5 Å². The van der Waals surface area contributed by atoms with Crippen molar-refractivity contribution in [1.82, 2.24) is 0 Å². The summed E-state index contributed by atoms with van der Waals surface area (Å²) in [6.45, 7) is 24.6. The molecule has 3 saturated heterocycles. The van der Waals surface area contributed by atoms with Gasteiger partial charge in [-0.3, -0.25) is 4.39 Å². The van der Waals surface area contributed by atoms with E-state index in [0.29, 0.717) is 0 Å². The zero-order chi connectivity index (χ0) is 59.1. The fraction of sp³-hybridized carbons (Fsp3) is 0.268. The monoisotopic (exact) mass is 1150 g/mol. The molecule has 0 bridgehead atoms. The van der Waals surface area contributed by atoms with Gasteiger partial charge in [0.1, 0.15) is 0 Å². The zero-order valence-corrected chi connectivity index (χ0v) is 50.9. The minimum Gasteiger partial charge on any atom is -0.405 e. The molecule has 0 unspecified atom stereocenters. The standard InChI is InChI=1S/C32H29BO2.C26H17Br.C12H24B2O4.CH3F/c1-31(2)32(3,4)35-33(34-31)26-15-10-13-23(20-26)22-12-9-14-24(19-22)30-21-25-11-5-6-16-27(25)28-17-7-8-18-29(28)30;27-22-11-6-9-19(16-22)18-8-5-10-20(15-18)26-17-21-7-1-2-12-23(21)24-13-3-4-14-25(24)26;1-9(2)10(3,4)16-13(15-9)14-17-11(5,6)12(7,8)18-14;1-2/h5-21H,1-4H3;1-17H;1-8H3;1H3/i;;;1D. The van der Waals surface area contributed by atoms with Gasteiger partial charge in [-0.05, 0) is 213 Å². The molecule has 10 aromatic carbocycles. The average Bonchev–Trinajstić information content (AvgIpc) is 4.05. The predicted molar refractivity (Wildman–Crippen MR) is 347 cm³/mol. The van der Waals surface area contributed by atoms with E-state index in [1.54, 1.807) is 0 Å². The molecule has 11 heteroatoms. The maximum atomic E-state index is 9.96. The summed E-state index contributed by atoms with van der Waals surface area (Å²) >= 11 is 3.58. The Bertz CT molecular complexity index is 3900. The highest BCUT2D eigenvalue weighted by Gasteiger charge is 2.63. The second-order valence-electron chi connectivity index (χ2n) is 24.5. The van der Waals surface area contributed by atoms with Crippen LogP contribution < -0.4 is 5.46 Å². The van der Waals surface area contributed by atoms with Gasteiger partial charge < -0.3 is 27.9 Å². The fourth-order valence-corrected chi connectivity index (χ4v) is 11.2. The normalized spacial score (nSPS) is 18.1. The van der Waals surface area contributed by atoms with E-state index in [0.717, 1.165) is 15.5 Å². The molecule has 0 spiro atoms. The van der Waals surface area contributed by atoms with E-state index >= 15 is 0 Å². The van der Waals surface area contributed by atoms with Gasteiger partial charge in [0.15, 0.2) is 0 Å². The zero-order valence-electron chi connectivity index (χ0n) is 50.3. The molecule has 0 amide bonds. The van der Waals surface area contributed by atoms with Crippen molar-refractivity contribution >= 4 is 85.6 Å². The van der Waals surface area contributed by atoms with Gasteiger partial charge >= 0.3 is 21.1 Å². The summed E-state index contributed by atoms with van der Waals surface area (Å²) < 4.78 is 53.1. The SMILES string of the molecule is Brc1cccc(-c2cccc(-c3cc4ccccc4c4ccccc34)c2)c1.CC1(C)OB(B2OC(C)(C)C(C)(C)O2)OC1(C)C.CC1(C)OB(c2cccc(-c3cccc(-c4cc5ccccc5c5ccccc45)c3)c2)OC1(C)C.[2H]CF. The first-order valence-corrected chi connectivity index (χ1v) is 29.0. The summed E-state index contributed by atoms with van der Waals surface area (Å²) in [5.74, 6) is 0. The van der Waals surface area contributed by atoms with Crippen molar-refractivity contribution in [3.63, 3.8) is 0 Å². The molecular weight excluding hydrogens is 1080 g/mol. The van der Waals surface area contributed by atoms with E-state index in [9.17, 15) is 4.39 Å². The number of halogens is 2. The Balaban J connectivity index is 0.000000143. The number of hydrogen-bond donors (Lipinski definition) is 0. The third-order valence-electron chi connectivity index (χ3n) is 17.6. The van der Waals surface area contributed by atoms with Gasteiger partial charge in [-0.15, -0.1) is 0 Å². The van der Waals surface area contributed by atoms with Gasteiger partial charge in [0.25, 0.3) is 0 Å². The molecule has 10 aromatic rings. The first-order valence-electron chi connectivity index (χ1n) is 28.9. The molecule has 82 heavy (non-hydrogen) atoms. The van der Waals surface area contributed by atoms with E-state index in [2.05, 4.69) is 250 Å². The van der Waals surface area contributed by atoms with Gasteiger partial charge in [-0.1, -0.05) is 186 Å². The first-order chi connectivity index (χ1) is 39.4. The molecular formula is C71H73B3BrFO6.